The first-order chi connectivity index (χ1) is 7.07. The molecule has 1 aliphatic heterocycles. The van der Waals surface area contributed by atoms with Crippen molar-refractivity contribution in [3.63, 3.8) is 0 Å². The Labute approximate surface area is 93.8 Å². The zero-order valence-corrected chi connectivity index (χ0v) is 9.63. The van der Waals surface area contributed by atoms with Crippen LogP contribution in [0.15, 0.2) is 18.3 Å². The Kier molecular flexibility index (Phi) is 2.84. The normalized spacial score (nSPS) is 20.2. The molecule has 0 amide bonds. The van der Waals surface area contributed by atoms with E-state index < -0.39 is 9.84 Å². The molecule has 0 atom stereocenters. The lowest BCUT2D eigenvalue weighted by Gasteiger charge is -2.28. The Morgan fingerprint density at radius 2 is 1.93 bits per heavy atom. The second-order valence-electron chi connectivity index (χ2n) is 3.48. The average Bonchev–Trinajstić information content (AvgIpc) is 2.20. The molecule has 0 saturated carbocycles. The molecule has 1 fully saturated rings. The Bertz CT molecular complexity index is 430. The van der Waals surface area contributed by atoms with Crippen LogP contribution in [0.25, 0.3) is 0 Å². The van der Waals surface area contributed by atoms with Crippen molar-refractivity contribution in [2.45, 2.75) is 0 Å². The van der Waals surface area contributed by atoms with Crippen molar-refractivity contribution in [2.24, 2.45) is 0 Å². The van der Waals surface area contributed by atoms with Gasteiger partial charge in [0.15, 0.2) is 9.84 Å². The predicted molar refractivity (Wildman–Crippen MR) is 60.1 cm³/mol. The molecular weight excluding hydrogens is 236 g/mol. The quantitative estimate of drug-likeness (QED) is 0.693. The van der Waals surface area contributed by atoms with E-state index in [1.807, 2.05) is 11.0 Å². The van der Waals surface area contributed by atoms with Crippen LogP contribution in [0, 0.1) is 0 Å². The fourth-order valence-electron chi connectivity index (χ4n) is 1.53. The van der Waals surface area contributed by atoms with Gasteiger partial charge in [-0.1, -0.05) is 11.6 Å². The van der Waals surface area contributed by atoms with Crippen LogP contribution in [0.4, 0.5) is 5.69 Å². The summed E-state index contributed by atoms with van der Waals surface area (Å²) in [6.07, 6.45) is 1.67. The fourth-order valence-corrected chi connectivity index (χ4v) is 2.84. The van der Waals surface area contributed by atoms with E-state index in [1.165, 1.54) is 0 Å². The Hall–Kier alpha value is -0.810. The summed E-state index contributed by atoms with van der Waals surface area (Å²) in [6.45, 7) is 1.07. The summed E-state index contributed by atoms with van der Waals surface area (Å²) in [5.41, 5.74) is 0.925. The number of nitrogens with zero attached hydrogens (tertiary/aromatic N) is 2. The summed E-state index contributed by atoms with van der Waals surface area (Å²) >= 11 is 5.67. The Balaban J connectivity index is 2.11. The van der Waals surface area contributed by atoms with Crippen LogP contribution in [-0.2, 0) is 9.84 Å². The SMILES string of the molecule is O=S1(=O)CCN(c2ccc(Cl)nc2)CC1. The average molecular weight is 247 g/mol. The maximum atomic E-state index is 11.2. The van der Waals surface area contributed by atoms with Gasteiger partial charge in [-0.2, -0.15) is 0 Å². The van der Waals surface area contributed by atoms with Gasteiger partial charge in [0, 0.05) is 13.1 Å². The van der Waals surface area contributed by atoms with Gasteiger partial charge in [-0.25, -0.2) is 13.4 Å². The summed E-state index contributed by atoms with van der Waals surface area (Å²) in [5.74, 6) is 0.436. The minimum Gasteiger partial charge on any atom is -0.368 e. The smallest absolute Gasteiger partial charge is 0.153 e. The summed E-state index contributed by atoms with van der Waals surface area (Å²) in [4.78, 5) is 5.97. The topological polar surface area (TPSA) is 50.3 Å². The highest BCUT2D eigenvalue weighted by Gasteiger charge is 2.21. The van der Waals surface area contributed by atoms with Gasteiger partial charge in [-0.15, -0.1) is 0 Å². The minimum absolute atomic E-state index is 0.218. The summed E-state index contributed by atoms with van der Waals surface area (Å²) in [7, 11) is -2.82. The van der Waals surface area contributed by atoms with Crippen molar-refractivity contribution in [1.82, 2.24) is 4.98 Å². The lowest BCUT2D eigenvalue weighted by Crippen LogP contribution is -2.40. The second kappa shape index (κ2) is 3.98. The van der Waals surface area contributed by atoms with Gasteiger partial charge in [0.05, 0.1) is 23.4 Å². The lowest BCUT2D eigenvalue weighted by molar-refractivity contribution is 0.586. The monoisotopic (exact) mass is 246 g/mol. The number of rotatable bonds is 1. The van der Waals surface area contributed by atoms with E-state index in [9.17, 15) is 8.42 Å². The van der Waals surface area contributed by atoms with E-state index in [2.05, 4.69) is 4.98 Å². The van der Waals surface area contributed by atoms with Gasteiger partial charge >= 0.3 is 0 Å². The number of pyridine rings is 1. The van der Waals surface area contributed by atoms with Crippen molar-refractivity contribution in [3.8, 4) is 0 Å². The van der Waals surface area contributed by atoms with E-state index in [-0.39, 0.29) is 11.5 Å². The third-order valence-corrected chi connectivity index (χ3v) is 4.25. The second-order valence-corrected chi connectivity index (χ2v) is 6.17. The van der Waals surface area contributed by atoms with Gasteiger partial charge < -0.3 is 4.90 Å². The van der Waals surface area contributed by atoms with Crippen molar-refractivity contribution < 1.29 is 8.42 Å². The maximum Gasteiger partial charge on any atom is 0.153 e. The molecule has 2 rings (SSSR count). The van der Waals surface area contributed by atoms with E-state index >= 15 is 0 Å². The van der Waals surface area contributed by atoms with Crippen molar-refractivity contribution in [1.29, 1.82) is 0 Å². The molecular formula is C9H11ClN2O2S. The highest BCUT2D eigenvalue weighted by Crippen LogP contribution is 2.17. The van der Waals surface area contributed by atoms with Crippen molar-refractivity contribution in [3.05, 3.63) is 23.5 Å². The van der Waals surface area contributed by atoms with Crippen molar-refractivity contribution >= 4 is 27.1 Å². The highest BCUT2D eigenvalue weighted by molar-refractivity contribution is 7.91. The van der Waals surface area contributed by atoms with Crippen LogP contribution in [0.1, 0.15) is 0 Å². The molecule has 6 heteroatoms. The Morgan fingerprint density at radius 3 is 2.47 bits per heavy atom. The number of sulfone groups is 1. The molecule has 0 aliphatic carbocycles. The first-order valence-corrected chi connectivity index (χ1v) is 6.84. The highest BCUT2D eigenvalue weighted by atomic mass is 35.5. The third kappa shape index (κ3) is 2.60. The van der Waals surface area contributed by atoms with E-state index in [4.69, 9.17) is 11.6 Å². The molecule has 4 nitrogen and oxygen atoms in total. The molecule has 1 aromatic heterocycles. The number of halogens is 1. The third-order valence-electron chi connectivity index (χ3n) is 2.42. The molecule has 1 aromatic rings. The molecule has 0 spiro atoms. The molecule has 1 aliphatic rings. The zero-order chi connectivity index (χ0) is 10.9. The van der Waals surface area contributed by atoms with E-state index in [0.717, 1.165) is 5.69 Å². The summed E-state index contributed by atoms with van der Waals surface area (Å²) < 4.78 is 22.4. The summed E-state index contributed by atoms with van der Waals surface area (Å²) in [5, 5.41) is 0.448. The predicted octanol–water partition coefficient (Wildman–Crippen LogP) is 0.970. The number of hydrogen-bond donors (Lipinski definition) is 0. The minimum atomic E-state index is -2.82. The molecule has 2 heterocycles. The van der Waals surface area contributed by atoms with E-state index in [1.54, 1.807) is 12.3 Å². The Morgan fingerprint density at radius 1 is 1.27 bits per heavy atom. The molecule has 15 heavy (non-hydrogen) atoms. The van der Waals surface area contributed by atoms with Gasteiger partial charge in [-0.05, 0) is 12.1 Å². The van der Waals surface area contributed by atoms with Crippen LogP contribution in [-0.4, -0.2) is 38.0 Å². The summed E-state index contributed by atoms with van der Waals surface area (Å²) in [6, 6.07) is 3.56. The molecule has 82 valence electrons. The molecule has 0 radical (unpaired) electrons. The van der Waals surface area contributed by atoms with Crippen molar-refractivity contribution in [2.75, 3.05) is 29.5 Å². The molecule has 1 saturated heterocycles. The van der Waals surface area contributed by atoms with Crippen LogP contribution >= 0.6 is 11.6 Å². The lowest BCUT2D eigenvalue weighted by atomic mass is 10.3. The molecule has 0 unspecified atom stereocenters. The van der Waals surface area contributed by atoms with Crippen LogP contribution in [0.3, 0.4) is 0 Å². The zero-order valence-electron chi connectivity index (χ0n) is 8.06. The number of anilines is 1. The first kappa shape index (κ1) is 10.7. The van der Waals surface area contributed by atoms with Gasteiger partial charge in [0.25, 0.3) is 0 Å². The van der Waals surface area contributed by atoms with Crippen LogP contribution < -0.4 is 4.90 Å². The molecule has 0 bridgehead atoms. The standard InChI is InChI=1S/C9H11ClN2O2S/c10-9-2-1-8(7-11-9)12-3-5-15(13,14)6-4-12/h1-2,7H,3-6H2. The van der Waals surface area contributed by atoms with Crippen LogP contribution in [0.2, 0.25) is 5.15 Å². The van der Waals surface area contributed by atoms with Gasteiger partial charge in [0.1, 0.15) is 5.15 Å². The maximum absolute atomic E-state index is 11.2. The first-order valence-electron chi connectivity index (χ1n) is 4.64. The van der Waals surface area contributed by atoms with Crippen LogP contribution in [0.5, 0.6) is 0 Å². The molecule has 0 N–H and O–H groups in total. The molecule has 0 aromatic carbocycles. The largest absolute Gasteiger partial charge is 0.368 e. The van der Waals surface area contributed by atoms with E-state index in [0.29, 0.717) is 18.2 Å². The fraction of sp³-hybridized carbons (Fsp3) is 0.444. The number of hydrogen-bond acceptors (Lipinski definition) is 4. The number of aromatic nitrogens is 1. The van der Waals surface area contributed by atoms with Gasteiger partial charge in [0.2, 0.25) is 0 Å². The van der Waals surface area contributed by atoms with Gasteiger partial charge in [-0.3, -0.25) is 0 Å².